The average Bonchev–Trinajstić information content (AvgIpc) is 3.01. The smallest absolute Gasteiger partial charge is 0.326 e. The van der Waals surface area contributed by atoms with Crippen LogP contribution in [0.4, 0.5) is 0 Å². The fourth-order valence-electron chi connectivity index (χ4n) is 4.62. The van der Waals surface area contributed by atoms with Crippen LogP contribution in [0.2, 0.25) is 0 Å². The van der Waals surface area contributed by atoms with Crippen LogP contribution >= 0.6 is 0 Å². The molecule has 2 fully saturated rings. The quantitative estimate of drug-likeness (QED) is 0.832. The van der Waals surface area contributed by atoms with Crippen LogP contribution in [0.1, 0.15) is 62.6 Å². The highest BCUT2D eigenvalue weighted by Crippen LogP contribution is 2.40. The molecular formula is C21H28N2O4. The van der Waals surface area contributed by atoms with E-state index in [1.54, 1.807) is 4.90 Å². The first kappa shape index (κ1) is 19.4. The lowest BCUT2D eigenvalue weighted by atomic mass is 9.84. The van der Waals surface area contributed by atoms with Gasteiger partial charge in [0.15, 0.2) is 0 Å². The Morgan fingerprint density at radius 3 is 2.48 bits per heavy atom. The summed E-state index contributed by atoms with van der Waals surface area (Å²) in [6, 6.07) is 6.53. The zero-order valence-electron chi connectivity index (χ0n) is 16.0. The zero-order valence-corrected chi connectivity index (χ0v) is 16.0. The highest BCUT2D eigenvalue weighted by molar-refractivity contribution is 5.85. The lowest BCUT2D eigenvalue weighted by Crippen LogP contribution is -2.47. The van der Waals surface area contributed by atoms with E-state index >= 15 is 0 Å². The molecule has 0 spiro atoms. The third kappa shape index (κ3) is 4.31. The summed E-state index contributed by atoms with van der Waals surface area (Å²) in [7, 11) is 0. The van der Waals surface area contributed by atoms with Gasteiger partial charge in [0.2, 0.25) is 11.8 Å². The topological polar surface area (TPSA) is 86.7 Å². The van der Waals surface area contributed by atoms with E-state index in [1.165, 1.54) is 6.92 Å². The van der Waals surface area contributed by atoms with E-state index in [-0.39, 0.29) is 30.2 Å². The van der Waals surface area contributed by atoms with Crippen LogP contribution in [0.25, 0.3) is 0 Å². The van der Waals surface area contributed by atoms with Crippen LogP contribution in [0.15, 0.2) is 24.3 Å². The monoisotopic (exact) mass is 372 g/mol. The molecule has 1 aliphatic heterocycles. The Labute approximate surface area is 159 Å². The number of aryl methyl sites for hydroxylation is 1. The Balaban J connectivity index is 1.81. The average molecular weight is 372 g/mol. The van der Waals surface area contributed by atoms with Gasteiger partial charge < -0.3 is 15.3 Å². The molecule has 4 atom stereocenters. The zero-order chi connectivity index (χ0) is 19.6. The normalized spacial score (nSPS) is 25.6. The van der Waals surface area contributed by atoms with Crippen LogP contribution < -0.4 is 5.32 Å². The van der Waals surface area contributed by atoms with Crippen molar-refractivity contribution in [1.29, 1.82) is 0 Å². The maximum Gasteiger partial charge on any atom is 0.326 e. The summed E-state index contributed by atoms with van der Waals surface area (Å²) < 4.78 is 0. The molecule has 4 unspecified atom stereocenters. The Morgan fingerprint density at radius 1 is 1.19 bits per heavy atom. The Bertz CT molecular complexity index is 715. The van der Waals surface area contributed by atoms with E-state index in [9.17, 15) is 19.5 Å². The number of amides is 2. The van der Waals surface area contributed by atoms with Crippen LogP contribution in [0, 0.1) is 12.8 Å². The number of carbonyl (C=O) groups excluding carboxylic acids is 2. The molecule has 6 nitrogen and oxygen atoms in total. The van der Waals surface area contributed by atoms with Gasteiger partial charge in [0.25, 0.3) is 0 Å². The van der Waals surface area contributed by atoms with Crippen molar-refractivity contribution < 1.29 is 19.5 Å². The van der Waals surface area contributed by atoms with Gasteiger partial charge in [0.05, 0.1) is 12.5 Å². The molecule has 0 radical (unpaired) electrons. The minimum atomic E-state index is -0.927. The van der Waals surface area contributed by atoms with Gasteiger partial charge in [-0.15, -0.1) is 0 Å². The second kappa shape index (κ2) is 8.11. The summed E-state index contributed by atoms with van der Waals surface area (Å²) in [6.07, 6.45) is 4.62. The van der Waals surface area contributed by atoms with Crippen LogP contribution in [0.5, 0.6) is 0 Å². The van der Waals surface area contributed by atoms with Crippen molar-refractivity contribution in [3.8, 4) is 0 Å². The van der Waals surface area contributed by atoms with Crippen molar-refractivity contribution in [3.05, 3.63) is 35.4 Å². The molecule has 0 aromatic heterocycles. The van der Waals surface area contributed by atoms with E-state index in [1.807, 2.05) is 31.2 Å². The van der Waals surface area contributed by atoms with Crippen molar-refractivity contribution in [2.75, 3.05) is 0 Å². The van der Waals surface area contributed by atoms with Crippen molar-refractivity contribution in [2.45, 2.75) is 70.5 Å². The molecule has 2 amide bonds. The van der Waals surface area contributed by atoms with E-state index in [0.717, 1.165) is 36.8 Å². The standard InChI is InChI=1S/C21H28N2O4/c1-13-7-9-15(10-8-13)17(22-14(2)24)12-20(25)23-18-6-4-3-5-16(18)11-19(23)21(26)27/h7-10,16-19H,3-6,11-12H2,1-2H3,(H,22,24)(H,26,27). The molecule has 0 bridgehead atoms. The van der Waals surface area contributed by atoms with Gasteiger partial charge in [-0.25, -0.2) is 4.79 Å². The highest BCUT2D eigenvalue weighted by Gasteiger charge is 2.47. The fraction of sp³-hybridized carbons (Fsp3) is 0.571. The molecule has 2 aliphatic rings. The molecule has 146 valence electrons. The predicted molar refractivity (Wildman–Crippen MR) is 101 cm³/mol. The molecule has 1 heterocycles. The molecule has 3 rings (SSSR count). The Kier molecular flexibility index (Phi) is 5.82. The lowest BCUT2D eigenvalue weighted by Gasteiger charge is -2.34. The summed E-state index contributed by atoms with van der Waals surface area (Å²) in [4.78, 5) is 38.2. The molecular weight excluding hydrogens is 344 g/mol. The van der Waals surface area contributed by atoms with Gasteiger partial charge >= 0.3 is 5.97 Å². The van der Waals surface area contributed by atoms with Crippen LogP contribution in [-0.2, 0) is 14.4 Å². The summed E-state index contributed by atoms with van der Waals surface area (Å²) >= 11 is 0. The fourth-order valence-corrected chi connectivity index (χ4v) is 4.62. The molecule has 1 aliphatic carbocycles. The second-order valence-corrected chi connectivity index (χ2v) is 7.87. The first-order valence-electron chi connectivity index (χ1n) is 9.74. The molecule has 1 aromatic carbocycles. The van der Waals surface area contributed by atoms with E-state index in [0.29, 0.717) is 6.42 Å². The maximum atomic E-state index is 13.2. The number of aliphatic carboxylic acids is 1. The molecule has 1 aromatic rings. The molecule has 1 saturated heterocycles. The predicted octanol–water partition coefficient (Wildman–Crippen LogP) is 2.81. The summed E-state index contributed by atoms with van der Waals surface area (Å²) in [5.74, 6) is -1.04. The molecule has 2 N–H and O–H groups in total. The van der Waals surface area contributed by atoms with Crippen molar-refractivity contribution in [1.82, 2.24) is 10.2 Å². The number of nitrogens with one attached hydrogen (secondary N) is 1. The summed E-state index contributed by atoms with van der Waals surface area (Å²) in [5.41, 5.74) is 1.96. The van der Waals surface area contributed by atoms with E-state index in [2.05, 4.69) is 5.32 Å². The van der Waals surface area contributed by atoms with Gasteiger partial charge in [-0.2, -0.15) is 0 Å². The van der Waals surface area contributed by atoms with E-state index < -0.39 is 18.1 Å². The minimum absolute atomic E-state index is 0.0170. The van der Waals surface area contributed by atoms with Crippen molar-refractivity contribution in [3.63, 3.8) is 0 Å². The molecule has 27 heavy (non-hydrogen) atoms. The number of hydrogen-bond donors (Lipinski definition) is 2. The number of nitrogens with zero attached hydrogens (tertiary/aromatic N) is 1. The number of carboxylic acid groups (broad SMARTS) is 1. The van der Waals surface area contributed by atoms with Gasteiger partial charge in [0, 0.05) is 13.0 Å². The number of likely N-dealkylation sites (tertiary alicyclic amines) is 1. The second-order valence-electron chi connectivity index (χ2n) is 7.87. The van der Waals surface area contributed by atoms with Gasteiger partial charge in [-0.05, 0) is 37.7 Å². The largest absolute Gasteiger partial charge is 0.480 e. The Morgan fingerprint density at radius 2 is 1.85 bits per heavy atom. The summed E-state index contributed by atoms with van der Waals surface area (Å²) in [5, 5.41) is 12.5. The summed E-state index contributed by atoms with van der Waals surface area (Å²) in [6.45, 7) is 3.41. The number of fused-ring (bicyclic) bond motifs is 1. The number of benzene rings is 1. The molecule has 1 saturated carbocycles. The van der Waals surface area contributed by atoms with Crippen molar-refractivity contribution >= 4 is 17.8 Å². The first-order chi connectivity index (χ1) is 12.9. The Hall–Kier alpha value is -2.37. The SMILES string of the molecule is CC(=O)NC(CC(=O)N1C(C(=O)O)CC2CCCCC21)c1ccc(C)cc1. The van der Waals surface area contributed by atoms with Gasteiger partial charge in [-0.1, -0.05) is 42.7 Å². The van der Waals surface area contributed by atoms with Crippen molar-refractivity contribution in [2.24, 2.45) is 5.92 Å². The van der Waals surface area contributed by atoms with Crippen LogP contribution in [-0.4, -0.2) is 39.9 Å². The minimum Gasteiger partial charge on any atom is -0.480 e. The number of carbonyl (C=O) groups is 3. The maximum absolute atomic E-state index is 13.2. The number of hydrogen-bond acceptors (Lipinski definition) is 3. The van der Waals surface area contributed by atoms with Gasteiger partial charge in [-0.3, -0.25) is 9.59 Å². The van der Waals surface area contributed by atoms with E-state index in [4.69, 9.17) is 0 Å². The lowest BCUT2D eigenvalue weighted by molar-refractivity contribution is -0.150. The third-order valence-electron chi connectivity index (χ3n) is 5.90. The van der Waals surface area contributed by atoms with Crippen LogP contribution in [0.3, 0.4) is 0 Å². The molecule has 6 heteroatoms. The highest BCUT2D eigenvalue weighted by atomic mass is 16.4. The number of carboxylic acids is 1. The van der Waals surface area contributed by atoms with Gasteiger partial charge in [0.1, 0.15) is 6.04 Å². The number of rotatable bonds is 5. The third-order valence-corrected chi connectivity index (χ3v) is 5.90. The first-order valence-corrected chi connectivity index (χ1v) is 9.74.